The van der Waals surface area contributed by atoms with Gasteiger partial charge in [0.05, 0.1) is 17.6 Å². The van der Waals surface area contributed by atoms with E-state index in [9.17, 15) is 10.1 Å². The highest BCUT2D eigenvalue weighted by molar-refractivity contribution is 5.63. The summed E-state index contributed by atoms with van der Waals surface area (Å²) >= 11 is 0. The molecule has 1 saturated heterocycles. The fourth-order valence-corrected chi connectivity index (χ4v) is 5.02. The first kappa shape index (κ1) is 25.8. The third kappa shape index (κ3) is 5.67. The monoisotopic (exact) mass is 520 g/mol. The SMILES string of the molecule is Cn1nnn(-c2cc(Nc3ncc(C#N)c(N[C@H]4CCCCCNC(C)(C)C4)n3)c(F)cc2C2CC2)c1=O. The number of rotatable bonds is 6. The summed E-state index contributed by atoms with van der Waals surface area (Å²) in [7, 11) is 1.51. The second-order valence-corrected chi connectivity index (χ2v) is 10.9. The van der Waals surface area contributed by atoms with Crippen LogP contribution >= 0.6 is 0 Å². The van der Waals surface area contributed by atoms with Crippen molar-refractivity contribution in [1.29, 1.82) is 5.26 Å². The van der Waals surface area contributed by atoms with E-state index < -0.39 is 11.5 Å². The third-order valence-electron chi connectivity index (χ3n) is 7.17. The number of nitrogens with zero attached hydrogens (tertiary/aromatic N) is 7. The number of nitriles is 1. The minimum absolute atomic E-state index is 0.0653. The molecule has 0 radical (unpaired) electrons. The van der Waals surface area contributed by atoms with Crippen LogP contribution < -0.4 is 21.6 Å². The van der Waals surface area contributed by atoms with Crippen LogP contribution in [0.15, 0.2) is 23.1 Å². The molecule has 2 aliphatic rings. The van der Waals surface area contributed by atoms with Crippen LogP contribution in [-0.2, 0) is 7.05 Å². The molecule has 0 bridgehead atoms. The van der Waals surface area contributed by atoms with E-state index in [1.807, 2.05) is 0 Å². The van der Waals surface area contributed by atoms with Crippen LogP contribution in [0.2, 0.25) is 0 Å². The molecule has 2 fully saturated rings. The van der Waals surface area contributed by atoms with Crippen molar-refractivity contribution in [2.75, 3.05) is 17.2 Å². The molecule has 3 N–H and O–H groups in total. The van der Waals surface area contributed by atoms with Gasteiger partial charge in [0.1, 0.15) is 23.3 Å². The number of aromatic nitrogens is 6. The first-order valence-corrected chi connectivity index (χ1v) is 13.1. The Morgan fingerprint density at radius 2 is 2.00 bits per heavy atom. The number of nitrogens with one attached hydrogen (secondary N) is 3. The van der Waals surface area contributed by atoms with Crippen molar-refractivity contribution in [3.63, 3.8) is 0 Å². The van der Waals surface area contributed by atoms with Gasteiger partial charge in [0.2, 0.25) is 5.95 Å². The Bertz CT molecular complexity index is 1420. The van der Waals surface area contributed by atoms with Crippen molar-refractivity contribution in [2.45, 2.75) is 76.3 Å². The number of hydrogen-bond donors (Lipinski definition) is 3. The van der Waals surface area contributed by atoms with E-state index in [2.05, 4.69) is 56.3 Å². The molecule has 1 saturated carbocycles. The highest BCUT2D eigenvalue weighted by atomic mass is 19.1. The van der Waals surface area contributed by atoms with Gasteiger partial charge in [-0.3, -0.25) is 0 Å². The van der Waals surface area contributed by atoms with Gasteiger partial charge < -0.3 is 16.0 Å². The van der Waals surface area contributed by atoms with E-state index in [1.54, 1.807) is 6.07 Å². The Morgan fingerprint density at radius 3 is 2.71 bits per heavy atom. The van der Waals surface area contributed by atoms with Gasteiger partial charge in [0.15, 0.2) is 0 Å². The number of halogens is 1. The molecule has 2 aromatic heterocycles. The fourth-order valence-electron chi connectivity index (χ4n) is 5.02. The average molecular weight is 521 g/mol. The normalized spacial score (nSPS) is 19.6. The number of aryl methyl sites for hydroxylation is 1. The van der Waals surface area contributed by atoms with Crippen molar-refractivity contribution >= 4 is 17.5 Å². The zero-order valence-electron chi connectivity index (χ0n) is 22.0. The highest BCUT2D eigenvalue weighted by Crippen LogP contribution is 2.44. The molecule has 200 valence electrons. The summed E-state index contributed by atoms with van der Waals surface area (Å²) in [5.41, 5.74) is 1.13. The second kappa shape index (κ2) is 10.5. The van der Waals surface area contributed by atoms with Crippen molar-refractivity contribution in [2.24, 2.45) is 7.05 Å². The molecule has 0 amide bonds. The predicted octanol–water partition coefficient (Wildman–Crippen LogP) is 3.50. The Balaban J connectivity index is 1.44. The smallest absolute Gasteiger partial charge is 0.366 e. The topological polar surface area (TPSA) is 138 Å². The van der Waals surface area contributed by atoms with Gasteiger partial charge in [0, 0.05) is 18.6 Å². The lowest BCUT2D eigenvalue weighted by atomic mass is 9.93. The first-order chi connectivity index (χ1) is 18.2. The van der Waals surface area contributed by atoms with Crippen molar-refractivity contribution in [3.8, 4) is 11.8 Å². The van der Waals surface area contributed by atoms with Gasteiger partial charge in [0.25, 0.3) is 0 Å². The molecule has 11 nitrogen and oxygen atoms in total. The van der Waals surface area contributed by atoms with E-state index in [4.69, 9.17) is 0 Å². The minimum atomic E-state index is -0.487. The molecule has 12 heteroatoms. The maximum atomic E-state index is 15.2. The van der Waals surface area contributed by atoms with Crippen molar-refractivity contribution in [1.82, 2.24) is 35.1 Å². The van der Waals surface area contributed by atoms with Gasteiger partial charge in [-0.15, -0.1) is 0 Å². The first-order valence-electron chi connectivity index (χ1n) is 13.1. The molecule has 5 rings (SSSR count). The van der Waals surface area contributed by atoms with Crippen LogP contribution in [0.25, 0.3) is 5.69 Å². The van der Waals surface area contributed by atoms with E-state index >= 15 is 4.39 Å². The van der Waals surface area contributed by atoms with Gasteiger partial charge in [-0.05, 0) is 86.5 Å². The van der Waals surface area contributed by atoms with Crippen LogP contribution in [0.3, 0.4) is 0 Å². The number of benzene rings is 1. The molecule has 0 unspecified atom stereocenters. The van der Waals surface area contributed by atoms with E-state index in [0.717, 1.165) is 61.7 Å². The molecular formula is C26H33FN10O. The van der Waals surface area contributed by atoms with Crippen LogP contribution in [0, 0.1) is 17.1 Å². The number of hydrogen-bond acceptors (Lipinski definition) is 9. The molecule has 1 atom stereocenters. The summed E-state index contributed by atoms with van der Waals surface area (Å²) < 4.78 is 17.5. The summed E-state index contributed by atoms with van der Waals surface area (Å²) in [5.74, 6) is 0.239. The molecular weight excluding hydrogens is 487 g/mol. The van der Waals surface area contributed by atoms with Crippen LogP contribution in [0.4, 0.5) is 21.8 Å². The molecule has 1 aromatic carbocycles. The second-order valence-electron chi connectivity index (χ2n) is 10.9. The zero-order chi connectivity index (χ0) is 26.9. The maximum Gasteiger partial charge on any atom is 0.368 e. The van der Waals surface area contributed by atoms with E-state index in [-0.39, 0.29) is 29.1 Å². The lowest BCUT2D eigenvalue weighted by Gasteiger charge is -2.31. The van der Waals surface area contributed by atoms with Crippen molar-refractivity contribution < 1.29 is 4.39 Å². The summed E-state index contributed by atoms with van der Waals surface area (Å²) in [5, 5.41) is 27.5. The quantitative estimate of drug-likeness (QED) is 0.446. The highest BCUT2D eigenvalue weighted by Gasteiger charge is 2.30. The standard InChI is InChI=1S/C26H33FN10O/c1-26(2)13-18(7-5-4-6-10-30-26)31-23-17(14-28)15-29-24(33-23)32-21-12-22(37-25(38)36(3)34-35-37)19(11-20(21)27)16-8-9-16/h11-12,15-16,18,30H,4-10,13H2,1-3H3,(H2,29,31,32,33)/t18-/m0/s1. The number of anilines is 3. The predicted molar refractivity (Wildman–Crippen MR) is 141 cm³/mol. The van der Waals surface area contributed by atoms with Crippen LogP contribution in [-0.4, -0.2) is 47.9 Å². The van der Waals surface area contributed by atoms with E-state index in [1.165, 1.54) is 24.0 Å². The average Bonchev–Trinajstić information content (AvgIpc) is 3.66. The van der Waals surface area contributed by atoms with Gasteiger partial charge in [-0.25, -0.2) is 14.2 Å². The number of tetrazole rings is 1. The fraction of sp³-hybridized carbons (Fsp3) is 0.538. The molecule has 3 heterocycles. The largest absolute Gasteiger partial charge is 0.368 e. The van der Waals surface area contributed by atoms with Crippen LogP contribution in [0.1, 0.15) is 75.8 Å². The Morgan fingerprint density at radius 1 is 1.18 bits per heavy atom. The third-order valence-corrected chi connectivity index (χ3v) is 7.17. The molecule has 1 aliphatic carbocycles. The molecule has 0 spiro atoms. The Hall–Kier alpha value is -3.85. The zero-order valence-corrected chi connectivity index (χ0v) is 22.0. The maximum absolute atomic E-state index is 15.2. The Labute approximate surface area is 220 Å². The summed E-state index contributed by atoms with van der Waals surface area (Å²) in [6.07, 6.45) is 8.45. The van der Waals surface area contributed by atoms with Gasteiger partial charge in [-0.2, -0.15) is 19.6 Å². The Kier molecular flexibility index (Phi) is 7.12. The lowest BCUT2D eigenvalue weighted by molar-refractivity contribution is 0.345. The van der Waals surface area contributed by atoms with E-state index in [0.29, 0.717) is 17.1 Å². The molecule has 38 heavy (non-hydrogen) atoms. The minimum Gasteiger partial charge on any atom is -0.366 e. The van der Waals surface area contributed by atoms with Gasteiger partial charge >= 0.3 is 5.69 Å². The summed E-state index contributed by atoms with van der Waals surface area (Å²) in [4.78, 5) is 21.4. The molecule has 1 aliphatic heterocycles. The van der Waals surface area contributed by atoms with Crippen LogP contribution in [0.5, 0.6) is 0 Å². The summed E-state index contributed by atoms with van der Waals surface area (Å²) in [6.45, 7) is 5.34. The van der Waals surface area contributed by atoms with Crippen molar-refractivity contribution in [3.05, 3.63) is 45.8 Å². The molecule has 3 aromatic rings. The van der Waals surface area contributed by atoms with Gasteiger partial charge in [-0.1, -0.05) is 12.8 Å². The lowest BCUT2D eigenvalue weighted by Crippen LogP contribution is -2.43. The summed E-state index contributed by atoms with van der Waals surface area (Å²) in [6, 6.07) is 5.24.